The summed E-state index contributed by atoms with van der Waals surface area (Å²) in [5, 5.41) is 3.06. The molecule has 0 aromatic carbocycles. The average molecular weight is 141 g/mol. The van der Waals surface area contributed by atoms with E-state index >= 15 is 0 Å². The molecular formula is C7H15N3. The van der Waals surface area contributed by atoms with E-state index in [1.807, 2.05) is 0 Å². The van der Waals surface area contributed by atoms with Crippen LogP contribution >= 0.6 is 0 Å². The number of guanidine groups is 1. The monoisotopic (exact) mass is 141 g/mol. The van der Waals surface area contributed by atoms with Gasteiger partial charge in [0, 0.05) is 13.6 Å². The van der Waals surface area contributed by atoms with Gasteiger partial charge in [-0.2, -0.15) is 0 Å². The summed E-state index contributed by atoms with van der Waals surface area (Å²) in [6, 6.07) is 0. The highest BCUT2D eigenvalue weighted by Crippen LogP contribution is 2.43. The number of hydrogen-bond donors (Lipinski definition) is 2. The summed E-state index contributed by atoms with van der Waals surface area (Å²) in [7, 11) is 1.69. The molecular weight excluding hydrogens is 126 g/mol. The summed E-state index contributed by atoms with van der Waals surface area (Å²) in [5.41, 5.74) is 5.96. The summed E-state index contributed by atoms with van der Waals surface area (Å²) in [6.07, 6.45) is 2.63. The summed E-state index contributed by atoms with van der Waals surface area (Å²) in [6.45, 7) is 3.22. The number of nitrogens with two attached hydrogens (primary N) is 1. The van der Waals surface area contributed by atoms with Crippen molar-refractivity contribution >= 4 is 5.96 Å². The van der Waals surface area contributed by atoms with Gasteiger partial charge in [0.1, 0.15) is 0 Å². The van der Waals surface area contributed by atoms with Crippen LogP contribution in [-0.2, 0) is 0 Å². The normalized spacial score (nSPS) is 22.4. The zero-order chi connectivity index (χ0) is 7.61. The van der Waals surface area contributed by atoms with E-state index in [1.165, 1.54) is 12.8 Å². The second kappa shape index (κ2) is 2.48. The molecule has 10 heavy (non-hydrogen) atoms. The molecule has 3 N–H and O–H groups in total. The Morgan fingerprint density at radius 3 is 2.70 bits per heavy atom. The van der Waals surface area contributed by atoms with Gasteiger partial charge in [-0.25, -0.2) is 0 Å². The average Bonchev–Trinajstić information content (AvgIpc) is 2.64. The predicted octanol–water partition coefficient (Wildman–Crippen LogP) is 0.321. The van der Waals surface area contributed by atoms with Crippen LogP contribution in [0.4, 0.5) is 0 Å². The van der Waals surface area contributed by atoms with Crippen LogP contribution in [0.2, 0.25) is 0 Å². The van der Waals surface area contributed by atoms with Gasteiger partial charge in [0.05, 0.1) is 0 Å². The van der Waals surface area contributed by atoms with Crippen molar-refractivity contribution in [1.82, 2.24) is 5.32 Å². The SMILES string of the molecule is CN=C(N)NCC1(C)CC1. The summed E-state index contributed by atoms with van der Waals surface area (Å²) in [4.78, 5) is 3.80. The minimum atomic E-state index is 0.509. The van der Waals surface area contributed by atoms with E-state index in [1.54, 1.807) is 7.05 Å². The molecule has 3 heteroatoms. The van der Waals surface area contributed by atoms with Crippen LogP contribution in [0.1, 0.15) is 19.8 Å². The van der Waals surface area contributed by atoms with Gasteiger partial charge in [-0.15, -0.1) is 0 Å². The first-order chi connectivity index (χ1) is 4.66. The minimum Gasteiger partial charge on any atom is -0.370 e. The summed E-state index contributed by atoms with van der Waals surface area (Å²) < 4.78 is 0. The molecule has 0 aromatic heterocycles. The molecule has 1 rings (SSSR count). The zero-order valence-electron chi connectivity index (χ0n) is 6.65. The second-order valence-corrected chi connectivity index (χ2v) is 3.27. The van der Waals surface area contributed by atoms with Crippen LogP contribution < -0.4 is 11.1 Å². The van der Waals surface area contributed by atoms with Crippen LogP contribution in [0.3, 0.4) is 0 Å². The summed E-state index contributed by atoms with van der Waals surface area (Å²) >= 11 is 0. The van der Waals surface area contributed by atoms with E-state index in [9.17, 15) is 0 Å². The van der Waals surface area contributed by atoms with Crippen molar-refractivity contribution in [2.75, 3.05) is 13.6 Å². The number of nitrogens with zero attached hydrogens (tertiary/aromatic N) is 1. The third kappa shape index (κ3) is 1.90. The highest BCUT2D eigenvalue weighted by Gasteiger charge is 2.36. The zero-order valence-corrected chi connectivity index (χ0v) is 6.65. The fraction of sp³-hybridized carbons (Fsp3) is 0.857. The molecule has 0 bridgehead atoms. The van der Waals surface area contributed by atoms with Gasteiger partial charge in [0.2, 0.25) is 0 Å². The first kappa shape index (κ1) is 7.38. The Balaban J connectivity index is 2.16. The van der Waals surface area contributed by atoms with Crippen molar-refractivity contribution in [3.05, 3.63) is 0 Å². The van der Waals surface area contributed by atoms with E-state index in [-0.39, 0.29) is 0 Å². The lowest BCUT2D eigenvalue weighted by Gasteiger charge is -2.09. The third-order valence-corrected chi connectivity index (χ3v) is 2.04. The molecule has 0 aromatic rings. The quantitative estimate of drug-likeness (QED) is 0.430. The van der Waals surface area contributed by atoms with Crippen LogP contribution in [0.15, 0.2) is 4.99 Å². The van der Waals surface area contributed by atoms with Gasteiger partial charge in [-0.05, 0) is 18.3 Å². The Hall–Kier alpha value is -0.730. The van der Waals surface area contributed by atoms with Gasteiger partial charge < -0.3 is 11.1 Å². The standard InChI is InChI=1S/C7H15N3/c1-7(3-4-7)5-10-6(8)9-2/h3-5H2,1-2H3,(H3,8,9,10). The second-order valence-electron chi connectivity index (χ2n) is 3.27. The van der Waals surface area contributed by atoms with Crippen molar-refractivity contribution in [2.45, 2.75) is 19.8 Å². The predicted molar refractivity (Wildman–Crippen MR) is 42.9 cm³/mol. The van der Waals surface area contributed by atoms with Crippen molar-refractivity contribution < 1.29 is 0 Å². The molecule has 58 valence electrons. The lowest BCUT2D eigenvalue weighted by Crippen LogP contribution is -2.35. The number of nitrogens with one attached hydrogen (secondary N) is 1. The maximum absolute atomic E-state index is 5.45. The highest BCUT2D eigenvalue weighted by molar-refractivity contribution is 5.77. The smallest absolute Gasteiger partial charge is 0.188 e. The molecule has 0 radical (unpaired) electrons. The molecule has 0 amide bonds. The molecule has 0 atom stereocenters. The maximum atomic E-state index is 5.45. The first-order valence-electron chi connectivity index (χ1n) is 3.62. The van der Waals surface area contributed by atoms with Crippen molar-refractivity contribution in [3.8, 4) is 0 Å². The lowest BCUT2D eigenvalue weighted by molar-refractivity contribution is 0.554. The van der Waals surface area contributed by atoms with E-state index in [2.05, 4.69) is 17.2 Å². The van der Waals surface area contributed by atoms with Gasteiger partial charge in [-0.3, -0.25) is 4.99 Å². The van der Waals surface area contributed by atoms with Crippen molar-refractivity contribution in [1.29, 1.82) is 0 Å². The van der Waals surface area contributed by atoms with E-state index < -0.39 is 0 Å². The Morgan fingerprint density at radius 2 is 2.30 bits per heavy atom. The number of aliphatic imine (C=N–C) groups is 1. The van der Waals surface area contributed by atoms with Crippen molar-refractivity contribution in [2.24, 2.45) is 16.1 Å². The molecule has 0 spiro atoms. The first-order valence-corrected chi connectivity index (χ1v) is 3.62. The molecule has 0 heterocycles. The largest absolute Gasteiger partial charge is 0.370 e. The van der Waals surface area contributed by atoms with Gasteiger partial charge in [0.25, 0.3) is 0 Å². The fourth-order valence-electron chi connectivity index (χ4n) is 0.773. The molecule has 0 unspecified atom stereocenters. The third-order valence-electron chi connectivity index (χ3n) is 2.04. The van der Waals surface area contributed by atoms with Gasteiger partial charge in [-0.1, -0.05) is 6.92 Å². The molecule has 1 fully saturated rings. The number of rotatable bonds is 2. The maximum Gasteiger partial charge on any atom is 0.188 e. The van der Waals surface area contributed by atoms with Crippen LogP contribution in [0.5, 0.6) is 0 Å². The molecule has 0 saturated heterocycles. The van der Waals surface area contributed by atoms with Crippen LogP contribution in [0, 0.1) is 5.41 Å². The Kier molecular flexibility index (Phi) is 1.83. The lowest BCUT2D eigenvalue weighted by atomic mass is 10.1. The Bertz CT molecular complexity index is 147. The molecule has 1 aliphatic carbocycles. The minimum absolute atomic E-state index is 0.509. The highest BCUT2D eigenvalue weighted by atomic mass is 15.1. The molecule has 1 saturated carbocycles. The van der Waals surface area contributed by atoms with Crippen molar-refractivity contribution in [3.63, 3.8) is 0 Å². The molecule has 3 nitrogen and oxygen atoms in total. The van der Waals surface area contributed by atoms with Crippen LogP contribution in [0.25, 0.3) is 0 Å². The topological polar surface area (TPSA) is 50.4 Å². The van der Waals surface area contributed by atoms with E-state index in [0.717, 1.165) is 6.54 Å². The fourth-order valence-corrected chi connectivity index (χ4v) is 0.773. The number of hydrogen-bond acceptors (Lipinski definition) is 1. The van der Waals surface area contributed by atoms with Crippen LogP contribution in [-0.4, -0.2) is 19.6 Å². The van der Waals surface area contributed by atoms with Gasteiger partial charge >= 0.3 is 0 Å². The molecule has 1 aliphatic rings. The van der Waals surface area contributed by atoms with E-state index in [0.29, 0.717) is 11.4 Å². The Morgan fingerprint density at radius 1 is 1.70 bits per heavy atom. The summed E-state index contributed by atoms with van der Waals surface area (Å²) in [5.74, 6) is 0.549. The molecule has 0 aliphatic heterocycles. The Labute approximate surface area is 61.7 Å². The van der Waals surface area contributed by atoms with E-state index in [4.69, 9.17) is 5.73 Å². The van der Waals surface area contributed by atoms with Gasteiger partial charge in [0.15, 0.2) is 5.96 Å².